The first kappa shape index (κ1) is 14.4. The third-order valence-corrected chi connectivity index (χ3v) is 2.83. The van der Waals surface area contributed by atoms with Crippen LogP contribution in [0.5, 0.6) is 0 Å². The first-order valence-corrected chi connectivity index (χ1v) is 5.90. The number of hydrogen-bond donors (Lipinski definition) is 2. The summed E-state index contributed by atoms with van der Waals surface area (Å²) in [7, 11) is 1.78. The zero-order chi connectivity index (χ0) is 13.5. The summed E-state index contributed by atoms with van der Waals surface area (Å²) in [6.07, 6.45) is 0. The summed E-state index contributed by atoms with van der Waals surface area (Å²) >= 11 is 0. The molecule has 6 nitrogen and oxygen atoms in total. The number of rotatable bonds is 7. The van der Waals surface area contributed by atoms with Gasteiger partial charge in [-0.15, -0.1) is 0 Å². The average Bonchev–Trinajstić information content (AvgIpc) is 2.37. The molecule has 0 saturated carbocycles. The molecule has 1 aromatic carbocycles. The number of aliphatic hydroxyl groups is 1. The molecule has 0 atom stereocenters. The van der Waals surface area contributed by atoms with Crippen LogP contribution in [0.2, 0.25) is 0 Å². The topological polar surface area (TPSA) is 78.6 Å². The number of anilines is 1. The van der Waals surface area contributed by atoms with E-state index < -0.39 is 4.92 Å². The lowest BCUT2D eigenvalue weighted by Crippen LogP contribution is -2.26. The zero-order valence-electron chi connectivity index (χ0n) is 10.7. The van der Waals surface area contributed by atoms with Crippen LogP contribution in [0.1, 0.15) is 12.5 Å². The molecule has 0 unspecified atom stereocenters. The lowest BCUT2D eigenvalue weighted by atomic mass is 10.1. The van der Waals surface area contributed by atoms with Crippen molar-refractivity contribution in [3.8, 4) is 0 Å². The standard InChI is InChI=1S/C12H19N3O3/c1-3-14(6-7-16)9-10-8-11(15(17)18)4-5-12(10)13-2/h4-5,8,13,16H,3,6-7,9H2,1-2H3. The van der Waals surface area contributed by atoms with Gasteiger partial charge in [0.1, 0.15) is 0 Å². The Balaban J connectivity index is 2.96. The fraction of sp³-hybridized carbons (Fsp3) is 0.500. The number of nitro benzene ring substituents is 1. The van der Waals surface area contributed by atoms with Gasteiger partial charge in [0.2, 0.25) is 0 Å². The van der Waals surface area contributed by atoms with E-state index >= 15 is 0 Å². The predicted molar refractivity (Wildman–Crippen MR) is 70.7 cm³/mol. The van der Waals surface area contributed by atoms with Crippen LogP contribution in [-0.2, 0) is 6.54 Å². The van der Waals surface area contributed by atoms with Crippen molar-refractivity contribution >= 4 is 11.4 Å². The molecule has 2 N–H and O–H groups in total. The molecule has 1 rings (SSSR count). The minimum absolute atomic E-state index is 0.0810. The van der Waals surface area contributed by atoms with Crippen LogP contribution >= 0.6 is 0 Å². The Hall–Kier alpha value is -1.66. The molecule has 0 aliphatic carbocycles. The Morgan fingerprint density at radius 3 is 2.72 bits per heavy atom. The van der Waals surface area contributed by atoms with Gasteiger partial charge in [0.25, 0.3) is 5.69 Å². The number of nitro groups is 1. The smallest absolute Gasteiger partial charge is 0.269 e. The molecule has 0 aliphatic rings. The summed E-state index contributed by atoms with van der Waals surface area (Å²) in [5.41, 5.74) is 1.82. The van der Waals surface area contributed by atoms with Crippen molar-refractivity contribution in [2.75, 3.05) is 32.1 Å². The van der Waals surface area contributed by atoms with Crippen molar-refractivity contribution in [1.82, 2.24) is 4.90 Å². The Labute approximate surface area is 106 Å². The van der Waals surface area contributed by atoms with Crippen LogP contribution in [0.25, 0.3) is 0 Å². The highest BCUT2D eigenvalue weighted by atomic mass is 16.6. The van der Waals surface area contributed by atoms with Gasteiger partial charge >= 0.3 is 0 Å². The van der Waals surface area contributed by atoms with Crippen LogP contribution in [0.3, 0.4) is 0 Å². The molecule has 18 heavy (non-hydrogen) atoms. The van der Waals surface area contributed by atoms with Gasteiger partial charge in [0.15, 0.2) is 0 Å². The first-order valence-electron chi connectivity index (χ1n) is 5.90. The van der Waals surface area contributed by atoms with E-state index in [2.05, 4.69) is 5.32 Å². The SMILES string of the molecule is CCN(CCO)Cc1cc([N+](=O)[O-])ccc1NC. The van der Waals surface area contributed by atoms with E-state index in [9.17, 15) is 10.1 Å². The number of likely N-dealkylation sites (N-methyl/N-ethyl adjacent to an activating group) is 1. The summed E-state index contributed by atoms with van der Waals surface area (Å²) in [6.45, 7) is 3.99. The summed E-state index contributed by atoms with van der Waals surface area (Å²) < 4.78 is 0. The van der Waals surface area contributed by atoms with E-state index in [4.69, 9.17) is 5.11 Å². The number of non-ortho nitro benzene ring substituents is 1. The monoisotopic (exact) mass is 253 g/mol. The zero-order valence-corrected chi connectivity index (χ0v) is 10.7. The van der Waals surface area contributed by atoms with E-state index in [1.54, 1.807) is 19.2 Å². The molecule has 0 aliphatic heterocycles. The van der Waals surface area contributed by atoms with Crippen molar-refractivity contribution in [2.45, 2.75) is 13.5 Å². The lowest BCUT2D eigenvalue weighted by Gasteiger charge is -2.20. The van der Waals surface area contributed by atoms with Crippen molar-refractivity contribution in [3.63, 3.8) is 0 Å². The minimum Gasteiger partial charge on any atom is -0.395 e. The first-order chi connectivity index (χ1) is 8.62. The van der Waals surface area contributed by atoms with Crippen LogP contribution in [0.4, 0.5) is 11.4 Å². The summed E-state index contributed by atoms with van der Waals surface area (Å²) in [6, 6.07) is 4.77. The molecule has 0 spiro atoms. The molecular weight excluding hydrogens is 234 g/mol. The normalized spacial score (nSPS) is 10.7. The molecule has 100 valence electrons. The molecule has 1 aromatic rings. The van der Waals surface area contributed by atoms with Gasteiger partial charge in [0.05, 0.1) is 11.5 Å². The highest BCUT2D eigenvalue weighted by Crippen LogP contribution is 2.23. The second kappa shape index (κ2) is 6.93. The molecule has 0 aromatic heterocycles. The Morgan fingerprint density at radius 1 is 1.50 bits per heavy atom. The summed E-state index contributed by atoms with van der Waals surface area (Å²) in [5, 5.41) is 22.7. The molecule has 6 heteroatoms. The van der Waals surface area contributed by atoms with Gasteiger partial charge in [0, 0.05) is 38.0 Å². The van der Waals surface area contributed by atoms with Crippen molar-refractivity contribution in [2.24, 2.45) is 0 Å². The average molecular weight is 253 g/mol. The second-order valence-electron chi connectivity index (χ2n) is 3.94. The predicted octanol–water partition coefficient (Wildman–Crippen LogP) is 1.45. The molecule has 0 fully saturated rings. The van der Waals surface area contributed by atoms with E-state index in [1.807, 2.05) is 11.8 Å². The quantitative estimate of drug-likeness (QED) is 0.568. The Morgan fingerprint density at radius 2 is 2.22 bits per heavy atom. The number of nitrogens with one attached hydrogen (secondary N) is 1. The van der Waals surface area contributed by atoms with E-state index in [0.29, 0.717) is 13.1 Å². The van der Waals surface area contributed by atoms with E-state index in [-0.39, 0.29) is 12.3 Å². The number of nitrogens with zero attached hydrogens (tertiary/aromatic N) is 2. The van der Waals surface area contributed by atoms with Gasteiger partial charge in [-0.3, -0.25) is 15.0 Å². The molecule has 0 saturated heterocycles. The van der Waals surface area contributed by atoms with Crippen LogP contribution in [0.15, 0.2) is 18.2 Å². The van der Waals surface area contributed by atoms with Gasteiger partial charge in [-0.1, -0.05) is 6.92 Å². The number of benzene rings is 1. The highest BCUT2D eigenvalue weighted by Gasteiger charge is 2.12. The third kappa shape index (κ3) is 3.68. The second-order valence-corrected chi connectivity index (χ2v) is 3.94. The number of hydrogen-bond acceptors (Lipinski definition) is 5. The van der Waals surface area contributed by atoms with E-state index in [1.165, 1.54) is 6.07 Å². The Kier molecular flexibility index (Phi) is 5.54. The van der Waals surface area contributed by atoms with Crippen molar-refractivity contribution in [3.05, 3.63) is 33.9 Å². The van der Waals surface area contributed by atoms with Crippen LogP contribution < -0.4 is 5.32 Å². The highest BCUT2D eigenvalue weighted by molar-refractivity contribution is 5.55. The fourth-order valence-electron chi connectivity index (χ4n) is 1.80. The van der Waals surface area contributed by atoms with Crippen LogP contribution in [0, 0.1) is 10.1 Å². The van der Waals surface area contributed by atoms with Gasteiger partial charge in [-0.25, -0.2) is 0 Å². The third-order valence-electron chi connectivity index (χ3n) is 2.83. The maximum atomic E-state index is 10.8. The van der Waals surface area contributed by atoms with Gasteiger partial charge in [-0.05, 0) is 18.2 Å². The van der Waals surface area contributed by atoms with Crippen LogP contribution in [-0.4, -0.2) is 41.7 Å². The fourth-order valence-corrected chi connectivity index (χ4v) is 1.80. The van der Waals surface area contributed by atoms with Gasteiger partial charge < -0.3 is 10.4 Å². The molecule has 0 heterocycles. The van der Waals surface area contributed by atoms with E-state index in [0.717, 1.165) is 17.8 Å². The number of aliphatic hydroxyl groups excluding tert-OH is 1. The maximum absolute atomic E-state index is 10.8. The summed E-state index contributed by atoms with van der Waals surface area (Å²) in [4.78, 5) is 12.4. The molecule has 0 radical (unpaired) electrons. The molecule has 0 bridgehead atoms. The maximum Gasteiger partial charge on any atom is 0.269 e. The Bertz CT molecular complexity index is 410. The molecular formula is C12H19N3O3. The largest absolute Gasteiger partial charge is 0.395 e. The van der Waals surface area contributed by atoms with Crippen molar-refractivity contribution < 1.29 is 10.0 Å². The van der Waals surface area contributed by atoms with Crippen molar-refractivity contribution in [1.29, 1.82) is 0 Å². The lowest BCUT2D eigenvalue weighted by molar-refractivity contribution is -0.384. The molecule has 0 amide bonds. The summed E-state index contributed by atoms with van der Waals surface area (Å²) in [5.74, 6) is 0. The van der Waals surface area contributed by atoms with Gasteiger partial charge in [-0.2, -0.15) is 0 Å². The minimum atomic E-state index is -0.398.